The Morgan fingerprint density at radius 2 is 2.00 bits per heavy atom. The number of amides is 1. The van der Waals surface area contributed by atoms with E-state index < -0.39 is 17.3 Å². The van der Waals surface area contributed by atoms with Gasteiger partial charge < -0.3 is 15.0 Å². The van der Waals surface area contributed by atoms with E-state index in [4.69, 9.17) is 5.11 Å². The molecule has 0 spiro atoms. The zero-order chi connectivity index (χ0) is 14.6. The third-order valence-electron chi connectivity index (χ3n) is 2.79. The van der Waals surface area contributed by atoms with Gasteiger partial charge in [0.25, 0.3) is 5.56 Å². The van der Waals surface area contributed by atoms with Crippen molar-refractivity contribution in [2.45, 2.75) is 33.7 Å². The van der Waals surface area contributed by atoms with Crippen LogP contribution in [-0.4, -0.2) is 21.6 Å². The van der Waals surface area contributed by atoms with Crippen LogP contribution in [0.25, 0.3) is 0 Å². The van der Waals surface area contributed by atoms with E-state index in [1.807, 2.05) is 6.92 Å². The molecule has 0 fully saturated rings. The highest BCUT2D eigenvalue weighted by atomic mass is 16.4. The van der Waals surface area contributed by atoms with Crippen molar-refractivity contribution in [2.75, 3.05) is 5.32 Å². The number of rotatable bonds is 5. The van der Waals surface area contributed by atoms with E-state index in [9.17, 15) is 14.4 Å². The van der Waals surface area contributed by atoms with E-state index in [0.717, 1.165) is 0 Å². The fraction of sp³-hybridized carbons (Fsp3) is 0.462. The third-order valence-corrected chi connectivity index (χ3v) is 2.79. The molecule has 6 heteroatoms. The number of carbonyl (C=O) groups excluding carboxylic acids is 1. The first-order chi connectivity index (χ1) is 8.76. The molecule has 0 unspecified atom stereocenters. The summed E-state index contributed by atoms with van der Waals surface area (Å²) in [6, 6.07) is 2.86. The summed E-state index contributed by atoms with van der Waals surface area (Å²) in [6.45, 7) is 5.30. The lowest BCUT2D eigenvalue weighted by molar-refractivity contribution is -0.148. The van der Waals surface area contributed by atoms with Crippen molar-refractivity contribution in [2.24, 2.45) is 5.41 Å². The molecule has 104 valence electrons. The fourth-order valence-corrected chi connectivity index (χ4v) is 1.53. The molecule has 0 atom stereocenters. The molecule has 6 nitrogen and oxygen atoms in total. The molecule has 1 amide bonds. The van der Waals surface area contributed by atoms with E-state index in [1.54, 1.807) is 0 Å². The molecule has 0 bridgehead atoms. The minimum absolute atomic E-state index is 0.131. The molecule has 0 aliphatic heterocycles. The second-order valence-corrected chi connectivity index (χ2v) is 4.96. The SMILES string of the molecule is CCn1cc(NC(=O)CC(C)(C)C(=O)O)ccc1=O. The van der Waals surface area contributed by atoms with E-state index in [1.165, 1.54) is 36.7 Å². The largest absolute Gasteiger partial charge is 0.481 e. The van der Waals surface area contributed by atoms with Crippen LogP contribution in [0.2, 0.25) is 0 Å². The second kappa shape index (κ2) is 5.69. The molecule has 2 N–H and O–H groups in total. The summed E-state index contributed by atoms with van der Waals surface area (Å²) in [4.78, 5) is 34.1. The van der Waals surface area contributed by atoms with Crippen molar-refractivity contribution in [1.82, 2.24) is 4.57 Å². The van der Waals surface area contributed by atoms with Gasteiger partial charge in [0.1, 0.15) is 0 Å². The number of nitrogens with one attached hydrogen (secondary N) is 1. The molecular weight excluding hydrogens is 248 g/mol. The summed E-state index contributed by atoms with van der Waals surface area (Å²) in [7, 11) is 0. The topological polar surface area (TPSA) is 88.4 Å². The molecule has 0 aliphatic carbocycles. The van der Waals surface area contributed by atoms with Gasteiger partial charge in [-0.05, 0) is 26.8 Å². The number of anilines is 1. The van der Waals surface area contributed by atoms with Crippen molar-refractivity contribution in [3.8, 4) is 0 Å². The van der Waals surface area contributed by atoms with Crippen LogP contribution in [0.15, 0.2) is 23.1 Å². The monoisotopic (exact) mass is 266 g/mol. The minimum atomic E-state index is -1.12. The van der Waals surface area contributed by atoms with Crippen molar-refractivity contribution in [1.29, 1.82) is 0 Å². The average Bonchev–Trinajstić information content (AvgIpc) is 2.30. The number of pyridine rings is 1. The van der Waals surface area contributed by atoms with E-state index in [0.29, 0.717) is 12.2 Å². The molecule has 0 radical (unpaired) electrons. The van der Waals surface area contributed by atoms with Crippen LogP contribution in [-0.2, 0) is 16.1 Å². The number of carboxylic acid groups (broad SMARTS) is 1. The molecule has 0 saturated heterocycles. The summed E-state index contributed by atoms with van der Waals surface area (Å²) in [6.07, 6.45) is 1.40. The quantitative estimate of drug-likeness (QED) is 0.841. The highest BCUT2D eigenvalue weighted by Crippen LogP contribution is 2.21. The van der Waals surface area contributed by atoms with Crippen LogP contribution in [0.1, 0.15) is 27.2 Å². The van der Waals surface area contributed by atoms with Crippen LogP contribution in [0, 0.1) is 5.41 Å². The van der Waals surface area contributed by atoms with Gasteiger partial charge in [-0.15, -0.1) is 0 Å². The Kier molecular flexibility index (Phi) is 4.47. The maximum atomic E-state index is 11.8. The Labute approximate surface area is 111 Å². The first-order valence-electron chi connectivity index (χ1n) is 6.00. The van der Waals surface area contributed by atoms with Gasteiger partial charge >= 0.3 is 5.97 Å². The lowest BCUT2D eigenvalue weighted by atomic mass is 9.89. The predicted octanol–water partition coefficient (Wildman–Crippen LogP) is 1.31. The van der Waals surface area contributed by atoms with Gasteiger partial charge in [-0.1, -0.05) is 0 Å². The summed E-state index contributed by atoms with van der Waals surface area (Å²) in [5.41, 5.74) is -0.789. The van der Waals surface area contributed by atoms with Crippen molar-refractivity contribution >= 4 is 17.6 Å². The van der Waals surface area contributed by atoms with Crippen LogP contribution in [0.4, 0.5) is 5.69 Å². The highest BCUT2D eigenvalue weighted by Gasteiger charge is 2.30. The number of aliphatic carboxylic acids is 1. The molecule has 19 heavy (non-hydrogen) atoms. The number of nitrogens with zero attached hydrogens (tertiary/aromatic N) is 1. The first-order valence-corrected chi connectivity index (χ1v) is 6.00. The molecular formula is C13H18N2O4. The lowest BCUT2D eigenvalue weighted by Gasteiger charge is -2.18. The predicted molar refractivity (Wildman–Crippen MR) is 71.0 cm³/mol. The molecule has 1 rings (SSSR count). The second-order valence-electron chi connectivity index (χ2n) is 4.96. The minimum Gasteiger partial charge on any atom is -0.481 e. The summed E-state index contributed by atoms with van der Waals surface area (Å²) >= 11 is 0. The standard InChI is InChI=1S/C13H18N2O4/c1-4-15-8-9(5-6-11(15)17)14-10(16)7-13(2,3)12(18)19/h5-6,8H,4,7H2,1-3H3,(H,14,16)(H,18,19). The van der Waals surface area contributed by atoms with Crippen molar-refractivity contribution in [3.05, 3.63) is 28.7 Å². The molecule has 0 aliphatic rings. The van der Waals surface area contributed by atoms with Crippen molar-refractivity contribution in [3.63, 3.8) is 0 Å². The average molecular weight is 266 g/mol. The van der Waals surface area contributed by atoms with Crippen LogP contribution >= 0.6 is 0 Å². The maximum absolute atomic E-state index is 11.8. The summed E-state index contributed by atoms with van der Waals surface area (Å²) < 4.78 is 1.46. The van der Waals surface area contributed by atoms with Crippen LogP contribution in [0.3, 0.4) is 0 Å². The number of aromatic nitrogens is 1. The Bertz CT molecular complexity index is 546. The fourth-order valence-electron chi connectivity index (χ4n) is 1.53. The highest BCUT2D eigenvalue weighted by molar-refractivity contribution is 5.93. The van der Waals surface area contributed by atoms with Gasteiger partial charge in [-0.2, -0.15) is 0 Å². The summed E-state index contributed by atoms with van der Waals surface area (Å²) in [5, 5.41) is 11.5. The Morgan fingerprint density at radius 1 is 1.37 bits per heavy atom. The molecule has 0 aromatic carbocycles. The number of carbonyl (C=O) groups is 2. The Balaban J connectivity index is 2.78. The normalized spacial score (nSPS) is 11.1. The maximum Gasteiger partial charge on any atom is 0.309 e. The summed E-state index contributed by atoms with van der Waals surface area (Å²) in [5.74, 6) is -1.42. The molecule has 0 saturated carbocycles. The number of hydrogen-bond acceptors (Lipinski definition) is 3. The van der Waals surface area contributed by atoms with Gasteiger partial charge in [0.05, 0.1) is 11.1 Å². The number of aryl methyl sites for hydroxylation is 1. The van der Waals surface area contributed by atoms with Gasteiger partial charge in [0.15, 0.2) is 0 Å². The van der Waals surface area contributed by atoms with Gasteiger partial charge in [0, 0.05) is 25.2 Å². The van der Waals surface area contributed by atoms with Crippen LogP contribution < -0.4 is 10.9 Å². The first kappa shape index (κ1) is 14.9. The number of carboxylic acids is 1. The lowest BCUT2D eigenvalue weighted by Crippen LogP contribution is -2.30. The third kappa shape index (κ3) is 3.94. The smallest absolute Gasteiger partial charge is 0.309 e. The zero-order valence-electron chi connectivity index (χ0n) is 11.3. The van der Waals surface area contributed by atoms with Crippen LogP contribution in [0.5, 0.6) is 0 Å². The Hall–Kier alpha value is -2.11. The Morgan fingerprint density at radius 3 is 2.53 bits per heavy atom. The van der Waals surface area contributed by atoms with Gasteiger partial charge in [0.2, 0.25) is 5.91 Å². The van der Waals surface area contributed by atoms with Crippen molar-refractivity contribution < 1.29 is 14.7 Å². The molecule has 1 heterocycles. The van der Waals surface area contributed by atoms with E-state index in [-0.39, 0.29) is 12.0 Å². The zero-order valence-corrected chi connectivity index (χ0v) is 11.3. The van der Waals surface area contributed by atoms with Gasteiger partial charge in [-0.3, -0.25) is 14.4 Å². The number of hydrogen-bond donors (Lipinski definition) is 2. The van der Waals surface area contributed by atoms with E-state index >= 15 is 0 Å². The molecule has 1 aromatic heterocycles. The van der Waals surface area contributed by atoms with Gasteiger partial charge in [-0.25, -0.2) is 0 Å². The van der Waals surface area contributed by atoms with E-state index in [2.05, 4.69) is 5.32 Å². The molecule has 1 aromatic rings.